The zero-order valence-electron chi connectivity index (χ0n) is 16.9. The molecule has 0 N–H and O–H groups in total. The number of hydrogen-bond donors (Lipinski definition) is 0. The molecule has 0 bridgehead atoms. The SMILES string of the molecule is Cl.Cl.Cl.Fc1ccc(C(c2ccc(F)cc2)N2CCN(Cc3cccnc3)CC2)cc1. The van der Waals surface area contributed by atoms with Gasteiger partial charge in [0.1, 0.15) is 11.6 Å². The summed E-state index contributed by atoms with van der Waals surface area (Å²) in [6.07, 6.45) is 3.70. The van der Waals surface area contributed by atoms with Crippen molar-refractivity contribution in [2.24, 2.45) is 0 Å². The van der Waals surface area contributed by atoms with Gasteiger partial charge in [-0.15, -0.1) is 37.2 Å². The Balaban J connectivity index is 0.00000160. The molecule has 0 aliphatic carbocycles. The van der Waals surface area contributed by atoms with E-state index in [9.17, 15) is 8.78 Å². The van der Waals surface area contributed by atoms with Gasteiger partial charge in [0.15, 0.2) is 0 Å². The third-order valence-corrected chi connectivity index (χ3v) is 5.27. The van der Waals surface area contributed by atoms with Crippen LogP contribution < -0.4 is 0 Å². The lowest BCUT2D eigenvalue weighted by molar-refractivity contribution is 0.105. The van der Waals surface area contributed by atoms with Gasteiger partial charge in [0.25, 0.3) is 0 Å². The number of hydrogen-bond acceptors (Lipinski definition) is 3. The standard InChI is InChI=1S/C23H23F2N3.3ClH/c24-21-7-3-19(4-8-21)23(20-5-9-22(25)10-6-20)28-14-12-27(13-15-28)17-18-2-1-11-26-16-18;;;/h1-11,16,23H,12-15,17H2;3*1H. The van der Waals surface area contributed by atoms with Crippen molar-refractivity contribution < 1.29 is 8.78 Å². The van der Waals surface area contributed by atoms with Gasteiger partial charge in [-0.2, -0.15) is 0 Å². The quantitative estimate of drug-likeness (QED) is 0.470. The van der Waals surface area contributed by atoms with E-state index >= 15 is 0 Å². The zero-order valence-corrected chi connectivity index (χ0v) is 19.3. The summed E-state index contributed by atoms with van der Waals surface area (Å²) in [6, 6.07) is 17.3. The number of benzene rings is 2. The number of aromatic nitrogens is 1. The van der Waals surface area contributed by atoms with Crippen molar-refractivity contribution >= 4 is 37.2 Å². The topological polar surface area (TPSA) is 19.4 Å². The lowest BCUT2D eigenvalue weighted by atomic mass is 9.96. The second kappa shape index (κ2) is 12.9. The van der Waals surface area contributed by atoms with Crippen molar-refractivity contribution in [3.05, 3.63) is 101 Å². The summed E-state index contributed by atoms with van der Waals surface area (Å²) in [5.74, 6) is -0.495. The van der Waals surface area contributed by atoms with Crippen LogP contribution in [0, 0.1) is 11.6 Å². The predicted octanol–water partition coefficient (Wildman–Crippen LogP) is 5.53. The number of piperazine rings is 1. The molecule has 4 rings (SSSR count). The number of pyridine rings is 1. The molecule has 8 heteroatoms. The first-order valence-electron chi connectivity index (χ1n) is 9.55. The fourth-order valence-electron chi connectivity index (χ4n) is 3.83. The third-order valence-electron chi connectivity index (χ3n) is 5.27. The van der Waals surface area contributed by atoms with E-state index in [0.717, 1.165) is 43.9 Å². The Morgan fingerprint density at radius 2 is 1.26 bits per heavy atom. The molecule has 0 spiro atoms. The molecular weight excluding hydrogens is 463 g/mol. The van der Waals surface area contributed by atoms with Crippen LogP contribution >= 0.6 is 37.2 Å². The van der Waals surface area contributed by atoms with E-state index in [4.69, 9.17) is 0 Å². The number of nitrogens with zero attached hydrogens (tertiary/aromatic N) is 3. The number of rotatable bonds is 5. The third kappa shape index (κ3) is 7.13. The Hall–Kier alpha value is -1.76. The van der Waals surface area contributed by atoms with Gasteiger partial charge in [-0.05, 0) is 47.0 Å². The predicted molar refractivity (Wildman–Crippen MR) is 127 cm³/mol. The van der Waals surface area contributed by atoms with Crippen molar-refractivity contribution in [1.29, 1.82) is 0 Å². The molecule has 1 aliphatic heterocycles. The number of halogens is 5. The van der Waals surface area contributed by atoms with Gasteiger partial charge in [-0.3, -0.25) is 14.8 Å². The van der Waals surface area contributed by atoms with E-state index < -0.39 is 0 Å². The fourth-order valence-corrected chi connectivity index (χ4v) is 3.83. The molecule has 2 aromatic carbocycles. The van der Waals surface area contributed by atoms with Crippen LogP contribution in [0.4, 0.5) is 8.78 Å². The van der Waals surface area contributed by atoms with Crippen LogP contribution in [-0.2, 0) is 6.54 Å². The highest BCUT2D eigenvalue weighted by Crippen LogP contribution is 2.30. The second-order valence-electron chi connectivity index (χ2n) is 7.18. The van der Waals surface area contributed by atoms with Gasteiger partial charge in [0.05, 0.1) is 6.04 Å². The summed E-state index contributed by atoms with van der Waals surface area (Å²) >= 11 is 0. The molecule has 3 aromatic rings. The normalized spacial score (nSPS) is 14.3. The molecule has 0 amide bonds. The molecule has 1 aromatic heterocycles. The van der Waals surface area contributed by atoms with Crippen LogP contribution in [-0.4, -0.2) is 41.0 Å². The van der Waals surface area contributed by atoms with Crippen molar-refractivity contribution in [1.82, 2.24) is 14.8 Å². The van der Waals surface area contributed by atoms with Crippen LogP contribution in [0.25, 0.3) is 0 Å². The molecule has 0 unspecified atom stereocenters. The summed E-state index contributed by atoms with van der Waals surface area (Å²) in [7, 11) is 0. The van der Waals surface area contributed by atoms with E-state index in [2.05, 4.69) is 20.9 Å². The minimum absolute atomic E-state index is 0. The molecule has 2 heterocycles. The molecule has 1 aliphatic rings. The van der Waals surface area contributed by atoms with E-state index in [0.29, 0.717) is 0 Å². The first kappa shape index (κ1) is 27.3. The molecular formula is C23H26Cl3F2N3. The fraction of sp³-hybridized carbons (Fsp3) is 0.261. The van der Waals surface area contributed by atoms with Gasteiger partial charge in [0, 0.05) is 45.1 Å². The Morgan fingerprint density at radius 1 is 0.742 bits per heavy atom. The van der Waals surface area contributed by atoms with E-state index in [1.54, 1.807) is 6.20 Å². The molecule has 31 heavy (non-hydrogen) atoms. The molecule has 0 atom stereocenters. The Morgan fingerprint density at radius 3 is 1.71 bits per heavy atom. The summed E-state index contributed by atoms with van der Waals surface area (Å²) in [4.78, 5) is 8.99. The van der Waals surface area contributed by atoms with Crippen molar-refractivity contribution in [3.8, 4) is 0 Å². The molecule has 0 radical (unpaired) electrons. The summed E-state index contributed by atoms with van der Waals surface area (Å²) in [6.45, 7) is 4.54. The van der Waals surface area contributed by atoms with Crippen LogP contribution in [0.15, 0.2) is 73.1 Å². The van der Waals surface area contributed by atoms with Gasteiger partial charge in [-0.25, -0.2) is 8.78 Å². The van der Waals surface area contributed by atoms with Crippen LogP contribution in [0.5, 0.6) is 0 Å². The lowest BCUT2D eigenvalue weighted by Gasteiger charge is -2.39. The first-order chi connectivity index (χ1) is 13.7. The van der Waals surface area contributed by atoms with Crippen molar-refractivity contribution in [2.45, 2.75) is 12.6 Å². The zero-order chi connectivity index (χ0) is 19.3. The lowest BCUT2D eigenvalue weighted by Crippen LogP contribution is -2.47. The van der Waals surface area contributed by atoms with Crippen LogP contribution in [0.2, 0.25) is 0 Å². The summed E-state index contributed by atoms with van der Waals surface area (Å²) in [5.41, 5.74) is 3.26. The highest BCUT2D eigenvalue weighted by atomic mass is 35.5. The van der Waals surface area contributed by atoms with E-state index in [-0.39, 0.29) is 54.9 Å². The Bertz CT molecular complexity index is 843. The molecule has 3 nitrogen and oxygen atoms in total. The van der Waals surface area contributed by atoms with Crippen molar-refractivity contribution in [3.63, 3.8) is 0 Å². The van der Waals surface area contributed by atoms with Crippen LogP contribution in [0.3, 0.4) is 0 Å². The average Bonchev–Trinajstić information content (AvgIpc) is 2.73. The summed E-state index contributed by atoms with van der Waals surface area (Å²) < 4.78 is 26.9. The van der Waals surface area contributed by atoms with Crippen molar-refractivity contribution in [2.75, 3.05) is 26.2 Å². The maximum atomic E-state index is 13.4. The Kier molecular flexibility index (Phi) is 11.4. The molecule has 1 fully saturated rings. The smallest absolute Gasteiger partial charge is 0.123 e. The highest BCUT2D eigenvalue weighted by molar-refractivity contribution is 5.86. The maximum Gasteiger partial charge on any atom is 0.123 e. The monoisotopic (exact) mass is 487 g/mol. The first-order valence-corrected chi connectivity index (χ1v) is 9.55. The maximum absolute atomic E-state index is 13.4. The van der Waals surface area contributed by atoms with E-state index in [1.807, 2.05) is 36.5 Å². The summed E-state index contributed by atoms with van der Waals surface area (Å²) in [5, 5.41) is 0. The minimum Gasteiger partial charge on any atom is -0.296 e. The van der Waals surface area contributed by atoms with Gasteiger partial charge in [0.2, 0.25) is 0 Å². The second-order valence-corrected chi connectivity index (χ2v) is 7.18. The minimum atomic E-state index is -0.247. The van der Waals surface area contributed by atoms with E-state index in [1.165, 1.54) is 29.8 Å². The van der Waals surface area contributed by atoms with Crippen LogP contribution in [0.1, 0.15) is 22.7 Å². The Labute approximate surface area is 200 Å². The van der Waals surface area contributed by atoms with Gasteiger partial charge in [-0.1, -0.05) is 30.3 Å². The van der Waals surface area contributed by atoms with Gasteiger partial charge < -0.3 is 0 Å². The highest BCUT2D eigenvalue weighted by Gasteiger charge is 2.26. The molecule has 1 saturated heterocycles. The largest absolute Gasteiger partial charge is 0.296 e. The molecule has 168 valence electrons. The van der Waals surface area contributed by atoms with Gasteiger partial charge >= 0.3 is 0 Å². The average molecular weight is 489 g/mol. The molecule has 0 saturated carbocycles.